The molecule has 3 amide bonds. The molecule has 1 saturated heterocycles. The van der Waals surface area contributed by atoms with E-state index in [1.54, 1.807) is 0 Å². The number of benzene rings is 1. The molecule has 2 rings (SSSR count). The van der Waals surface area contributed by atoms with Crippen molar-refractivity contribution in [1.29, 1.82) is 0 Å². The van der Waals surface area contributed by atoms with Gasteiger partial charge in [-0.05, 0) is 30.5 Å². The third-order valence-electron chi connectivity index (χ3n) is 4.16. The summed E-state index contributed by atoms with van der Waals surface area (Å²) in [7, 11) is -1.06. The Morgan fingerprint density at radius 2 is 1.97 bits per heavy atom. The number of hydrogen-bond acceptors (Lipinski definition) is 6. The van der Waals surface area contributed by atoms with E-state index in [9.17, 15) is 19.2 Å². The van der Waals surface area contributed by atoms with E-state index >= 15 is 0 Å². The van der Waals surface area contributed by atoms with Crippen LogP contribution in [0.15, 0.2) is 18.2 Å². The molecule has 0 aromatic heterocycles. The molecular formula is C18H22BCl2N3O6. The Hall–Kier alpha value is -2.30. The molecule has 0 bridgehead atoms. The van der Waals surface area contributed by atoms with Gasteiger partial charge in [0.2, 0.25) is 11.8 Å². The monoisotopic (exact) mass is 457 g/mol. The third-order valence-corrected chi connectivity index (χ3v) is 4.73. The fraction of sp³-hybridized carbons (Fsp3) is 0.444. The molecule has 1 aromatic rings. The van der Waals surface area contributed by atoms with Crippen molar-refractivity contribution in [2.24, 2.45) is 11.7 Å². The van der Waals surface area contributed by atoms with Gasteiger partial charge in [-0.3, -0.25) is 19.2 Å². The highest BCUT2D eigenvalue weighted by atomic mass is 35.5. The molecule has 0 unspecified atom stereocenters. The Labute approximate surface area is 184 Å². The number of nitrogens with two attached hydrogens (primary N) is 1. The molecule has 0 saturated carbocycles. The minimum absolute atomic E-state index is 0.132. The molecule has 0 spiro atoms. The molecule has 162 valence electrons. The summed E-state index contributed by atoms with van der Waals surface area (Å²) in [6, 6.07) is 4.41. The van der Waals surface area contributed by atoms with Crippen molar-refractivity contribution < 1.29 is 28.5 Å². The predicted octanol–water partition coefficient (Wildman–Crippen LogP) is 1.10. The van der Waals surface area contributed by atoms with E-state index in [1.165, 1.54) is 18.2 Å². The normalized spacial score (nSPS) is 16.9. The minimum atomic E-state index is -1.11. The Bertz CT molecular complexity index is 838. The highest BCUT2D eigenvalue weighted by Crippen LogP contribution is 2.21. The summed E-state index contributed by atoms with van der Waals surface area (Å²) in [6.45, 7) is 3.49. The van der Waals surface area contributed by atoms with Crippen LogP contribution in [0.5, 0.6) is 0 Å². The van der Waals surface area contributed by atoms with E-state index < -0.39 is 42.9 Å². The number of primary amides is 1. The molecule has 0 radical (unpaired) electrons. The molecule has 1 aliphatic rings. The molecule has 30 heavy (non-hydrogen) atoms. The Balaban J connectivity index is 1.97. The van der Waals surface area contributed by atoms with Gasteiger partial charge in [0.15, 0.2) is 0 Å². The van der Waals surface area contributed by atoms with Gasteiger partial charge in [0.25, 0.3) is 5.91 Å². The van der Waals surface area contributed by atoms with Gasteiger partial charge in [-0.15, -0.1) is 0 Å². The van der Waals surface area contributed by atoms with Gasteiger partial charge in [0, 0.05) is 5.02 Å². The molecule has 1 aromatic carbocycles. The van der Waals surface area contributed by atoms with Crippen LogP contribution in [-0.2, 0) is 23.7 Å². The molecule has 2 atom stereocenters. The third kappa shape index (κ3) is 6.89. The Morgan fingerprint density at radius 3 is 2.60 bits per heavy atom. The highest BCUT2D eigenvalue weighted by Gasteiger charge is 2.46. The predicted molar refractivity (Wildman–Crippen MR) is 111 cm³/mol. The van der Waals surface area contributed by atoms with Gasteiger partial charge in [-0.1, -0.05) is 37.0 Å². The van der Waals surface area contributed by atoms with Crippen molar-refractivity contribution in [1.82, 2.24) is 10.6 Å². The lowest BCUT2D eigenvalue weighted by Gasteiger charge is -2.21. The second kappa shape index (κ2) is 10.6. The van der Waals surface area contributed by atoms with Crippen LogP contribution in [0.1, 0.15) is 37.0 Å². The summed E-state index contributed by atoms with van der Waals surface area (Å²) in [5, 5.41) is 5.67. The van der Waals surface area contributed by atoms with Crippen molar-refractivity contribution in [2.45, 2.75) is 38.7 Å². The van der Waals surface area contributed by atoms with Gasteiger partial charge in [0.1, 0.15) is 6.10 Å². The van der Waals surface area contributed by atoms with Crippen molar-refractivity contribution >= 4 is 54.0 Å². The van der Waals surface area contributed by atoms with Crippen molar-refractivity contribution in [2.75, 3.05) is 6.54 Å². The van der Waals surface area contributed by atoms with Crippen molar-refractivity contribution in [3.63, 3.8) is 0 Å². The smallest absolute Gasteiger partial charge is 0.506 e. The topological polar surface area (TPSA) is 137 Å². The fourth-order valence-electron chi connectivity index (χ4n) is 2.86. The van der Waals surface area contributed by atoms with Gasteiger partial charge in [-0.25, -0.2) is 0 Å². The van der Waals surface area contributed by atoms with Crippen molar-refractivity contribution in [3.8, 4) is 0 Å². The number of halogens is 2. The molecule has 1 fully saturated rings. The maximum absolute atomic E-state index is 12.4. The zero-order valence-corrected chi connectivity index (χ0v) is 18.0. The SMILES string of the molecule is CC(C)C[C@H](NC(=O)CNC(=O)c1cc(Cl)ccc1Cl)B1OC(=O)[C@@H](CC(N)=O)O1. The summed E-state index contributed by atoms with van der Waals surface area (Å²) in [6.07, 6.45) is -0.987. The molecule has 0 aliphatic carbocycles. The second-order valence-corrected chi connectivity index (χ2v) is 8.05. The molecule has 12 heteroatoms. The van der Waals surface area contributed by atoms with Crippen LogP contribution >= 0.6 is 23.2 Å². The summed E-state index contributed by atoms with van der Waals surface area (Å²) < 4.78 is 10.6. The van der Waals surface area contributed by atoms with Crippen LogP contribution < -0.4 is 16.4 Å². The molecule has 9 nitrogen and oxygen atoms in total. The number of carbonyl (C=O) groups is 4. The molecule has 4 N–H and O–H groups in total. The zero-order chi connectivity index (χ0) is 22.4. The first-order valence-electron chi connectivity index (χ1n) is 9.23. The number of nitrogens with one attached hydrogen (secondary N) is 2. The first-order valence-corrected chi connectivity index (χ1v) is 9.99. The summed E-state index contributed by atoms with van der Waals surface area (Å²) in [5.41, 5.74) is 5.24. The van der Waals surface area contributed by atoms with E-state index in [2.05, 4.69) is 10.6 Å². The number of carbonyl (C=O) groups excluding carboxylic acids is 4. The maximum atomic E-state index is 12.4. The minimum Gasteiger partial charge on any atom is -0.506 e. The fourth-order valence-corrected chi connectivity index (χ4v) is 3.23. The lowest BCUT2D eigenvalue weighted by Crippen LogP contribution is -2.50. The van der Waals surface area contributed by atoms with E-state index in [1.807, 2.05) is 13.8 Å². The molecule has 1 heterocycles. The quantitative estimate of drug-likeness (QED) is 0.475. The van der Waals surface area contributed by atoms with Crippen LogP contribution in [-0.4, -0.2) is 49.4 Å². The summed E-state index contributed by atoms with van der Waals surface area (Å²) >= 11 is 11.8. The Kier molecular flexibility index (Phi) is 8.51. The van der Waals surface area contributed by atoms with E-state index in [-0.39, 0.29) is 29.5 Å². The summed E-state index contributed by atoms with van der Waals surface area (Å²) in [4.78, 5) is 47.6. The van der Waals surface area contributed by atoms with E-state index in [0.717, 1.165) is 0 Å². The van der Waals surface area contributed by atoms with Gasteiger partial charge in [0.05, 0.1) is 29.5 Å². The molecular weight excluding hydrogens is 436 g/mol. The average molecular weight is 458 g/mol. The van der Waals surface area contributed by atoms with Crippen LogP contribution in [0.2, 0.25) is 10.0 Å². The lowest BCUT2D eigenvalue weighted by molar-refractivity contribution is -0.138. The standard InChI is InChI=1S/C18H22BCl2N3O6/c1-9(2)5-14(19-29-13(7-15(22)25)18(28)30-19)24-16(26)8-23-17(27)11-6-10(20)3-4-12(11)21/h3-4,6,9,13-14H,5,7-8H2,1-2H3,(H2,22,25)(H,23,27)(H,24,26)/t13-,14+/m1/s1. The Morgan fingerprint density at radius 1 is 1.27 bits per heavy atom. The first kappa shape index (κ1) is 24.0. The van der Waals surface area contributed by atoms with Crippen LogP contribution in [0.3, 0.4) is 0 Å². The summed E-state index contributed by atoms with van der Waals surface area (Å²) in [5.74, 6) is -3.05. The maximum Gasteiger partial charge on any atom is 0.552 e. The van der Waals surface area contributed by atoms with Gasteiger partial charge in [-0.2, -0.15) is 0 Å². The van der Waals surface area contributed by atoms with Crippen LogP contribution in [0, 0.1) is 5.92 Å². The van der Waals surface area contributed by atoms with Gasteiger partial charge < -0.3 is 25.7 Å². The van der Waals surface area contributed by atoms with Crippen LogP contribution in [0.4, 0.5) is 0 Å². The highest BCUT2D eigenvalue weighted by molar-refractivity contribution is 6.51. The number of rotatable bonds is 9. The lowest BCUT2D eigenvalue weighted by atomic mass is 9.74. The largest absolute Gasteiger partial charge is 0.552 e. The van der Waals surface area contributed by atoms with E-state index in [4.69, 9.17) is 38.2 Å². The van der Waals surface area contributed by atoms with Crippen LogP contribution in [0.25, 0.3) is 0 Å². The molecule has 1 aliphatic heterocycles. The van der Waals surface area contributed by atoms with Crippen molar-refractivity contribution in [3.05, 3.63) is 33.8 Å². The van der Waals surface area contributed by atoms with E-state index in [0.29, 0.717) is 11.4 Å². The number of amides is 3. The second-order valence-electron chi connectivity index (χ2n) is 7.21. The average Bonchev–Trinajstić information content (AvgIpc) is 3.00. The zero-order valence-electron chi connectivity index (χ0n) is 16.4. The first-order chi connectivity index (χ1) is 14.1. The number of hydrogen-bond donors (Lipinski definition) is 3. The van der Waals surface area contributed by atoms with Gasteiger partial charge >= 0.3 is 13.1 Å².